The predicted octanol–water partition coefficient (Wildman–Crippen LogP) is 3.12. The average Bonchev–Trinajstić information content (AvgIpc) is 2.39. The standard InChI is InChI=1S/C14H13FO3/c1-17-12-2-4-13(5-3-12)18-14-7-10(9-16)6-11(15)8-14/h2-8,16H,9H2,1H3. The molecule has 18 heavy (non-hydrogen) atoms. The Bertz CT molecular complexity index is 523. The zero-order chi connectivity index (χ0) is 13.0. The van der Waals surface area contributed by atoms with Crippen molar-refractivity contribution in [1.29, 1.82) is 0 Å². The van der Waals surface area contributed by atoms with Gasteiger partial charge < -0.3 is 14.6 Å². The molecule has 0 spiro atoms. The van der Waals surface area contributed by atoms with Gasteiger partial charge in [0.15, 0.2) is 0 Å². The molecule has 0 fully saturated rings. The summed E-state index contributed by atoms with van der Waals surface area (Å²) in [6.45, 7) is -0.225. The molecule has 0 aliphatic carbocycles. The summed E-state index contributed by atoms with van der Waals surface area (Å²) in [4.78, 5) is 0. The fourth-order valence-corrected chi connectivity index (χ4v) is 1.55. The third kappa shape index (κ3) is 2.99. The van der Waals surface area contributed by atoms with E-state index in [1.165, 1.54) is 12.1 Å². The SMILES string of the molecule is COc1ccc(Oc2cc(F)cc(CO)c2)cc1. The first-order valence-corrected chi connectivity index (χ1v) is 5.43. The van der Waals surface area contributed by atoms with Crippen molar-refractivity contribution in [1.82, 2.24) is 0 Å². The van der Waals surface area contributed by atoms with Crippen molar-refractivity contribution in [3.8, 4) is 17.2 Å². The van der Waals surface area contributed by atoms with Gasteiger partial charge in [0, 0.05) is 6.07 Å². The highest BCUT2D eigenvalue weighted by Crippen LogP contribution is 2.25. The Balaban J connectivity index is 2.19. The molecule has 0 heterocycles. The van der Waals surface area contributed by atoms with Crippen molar-refractivity contribution in [3.63, 3.8) is 0 Å². The van der Waals surface area contributed by atoms with Crippen LogP contribution in [0.15, 0.2) is 42.5 Å². The fraction of sp³-hybridized carbons (Fsp3) is 0.143. The molecule has 0 aromatic heterocycles. The lowest BCUT2D eigenvalue weighted by Gasteiger charge is -2.08. The number of ether oxygens (including phenoxy) is 2. The molecular formula is C14H13FO3. The summed E-state index contributed by atoms with van der Waals surface area (Å²) < 4.78 is 23.7. The van der Waals surface area contributed by atoms with Gasteiger partial charge in [0.25, 0.3) is 0 Å². The average molecular weight is 248 g/mol. The van der Waals surface area contributed by atoms with Gasteiger partial charge in [-0.1, -0.05) is 0 Å². The zero-order valence-electron chi connectivity index (χ0n) is 9.89. The van der Waals surface area contributed by atoms with E-state index in [9.17, 15) is 4.39 Å². The maximum atomic E-state index is 13.2. The molecule has 3 nitrogen and oxygen atoms in total. The van der Waals surface area contributed by atoms with Crippen LogP contribution in [-0.2, 0) is 6.61 Å². The van der Waals surface area contributed by atoms with E-state index in [0.29, 0.717) is 17.1 Å². The van der Waals surface area contributed by atoms with E-state index in [1.54, 1.807) is 37.4 Å². The Hall–Kier alpha value is -2.07. The van der Waals surface area contributed by atoms with E-state index in [0.717, 1.165) is 5.75 Å². The summed E-state index contributed by atoms with van der Waals surface area (Å²) in [5.41, 5.74) is 0.471. The number of aliphatic hydroxyl groups is 1. The number of rotatable bonds is 4. The number of halogens is 1. The van der Waals surface area contributed by atoms with Gasteiger partial charge in [-0.3, -0.25) is 0 Å². The molecule has 0 saturated carbocycles. The molecule has 0 radical (unpaired) electrons. The van der Waals surface area contributed by atoms with Gasteiger partial charge >= 0.3 is 0 Å². The van der Waals surface area contributed by atoms with Crippen LogP contribution >= 0.6 is 0 Å². The molecule has 1 N–H and O–H groups in total. The molecule has 2 rings (SSSR count). The largest absolute Gasteiger partial charge is 0.497 e. The first-order chi connectivity index (χ1) is 8.71. The Labute approximate surface area is 104 Å². The fourth-order valence-electron chi connectivity index (χ4n) is 1.55. The van der Waals surface area contributed by atoms with Crippen LogP contribution in [-0.4, -0.2) is 12.2 Å². The first kappa shape index (κ1) is 12.4. The predicted molar refractivity (Wildman–Crippen MR) is 65.4 cm³/mol. The Morgan fingerprint density at radius 2 is 1.67 bits per heavy atom. The molecule has 0 unspecified atom stereocenters. The van der Waals surface area contributed by atoms with Gasteiger partial charge in [-0.2, -0.15) is 0 Å². The lowest BCUT2D eigenvalue weighted by Crippen LogP contribution is -1.90. The van der Waals surface area contributed by atoms with Crippen molar-refractivity contribution in [2.45, 2.75) is 6.61 Å². The van der Waals surface area contributed by atoms with Crippen molar-refractivity contribution in [2.75, 3.05) is 7.11 Å². The van der Waals surface area contributed by atoms with Crippen LogP contribution in [0.5, 0.6) is 17.2 Å². The van der Waals surface area contributed by atoms with E-state index in [-0.39, 0.29) is 6.61 Å². The lowest BCUT2D eigenvalue weighted by molar-refractivity contribution is 0.280. The van der Waals surface area contributed by atoms with E-state index in [2.05, 4.69) is 0 Å². The molecular weight excluding hydrogens is 235 g/mol. The monoisotopic (exact) mass is 248 g/mol. The van der Waals surface area contributed by atoms with Gasteiger partial charge in [-0.15, -0.1) is 0 Å². The molecule has 0 saturated heterocycles. The van der Waals surface area contributed by atoms with Crippen molar-refractivity contribution >= 4 is 0 Å². The van der Waals surface area contributed by atoms with Gasteiger partial charge in [-0.25, -0.2) is 4.39 Å². The minimum absolute atomic E-state index is 0.225. The first-order valence-electron chi connectivity index (χ1n) is 5.43. The summed E-state index contributed by atoms with van der Waals surface area (Å²) in [5.74, 6) is 1.21. The third-order valence-electron chi connectivity index (χ3n) is 2.41. The Morgan fingerprint density at radius 1 is 1.00 bits per heavy atom. The molecule has 0 atom stereocenters. The Kier molecular flexibility index (Phi) is 3.79. The zero-order valence-corrected chi connectivity index (χ0v) is 9.89. The second kappa shape index (κ2) is 5.51. The number of hydrogen-bond acceptors (Lipinski definition) is 3. The van der Waals surface area contributed by atoms with E-state index in [1.807, 2.05) is 0 Å². The van der Waals surface area contributed by atoms with Gasteiger partial charge in [0.2, 0.25) is 0 Å². The molecule has 0 aliphatic heterocycles. The number of hydrogen-bond donors (Lipinski definition) is 1. The second-order valence-electron chi connectivity index (χ2n) is 3.73. The van der Waals surface area contributed by atoms with Crippen LogP contribution in [0.25, 0.3) is 0 Å². The minimum Gasteiger partial charge on any atom is -0.497 e. The topological polar surface area (TPSA) is 38.7 Å². The summed E-state index contributed by atoms with van der Waals surface area (Å²) in [6.07, 6.45) is 0. The van der Waals surface area contributed by atoms with Gasteiger partial charge in [0.05, 0.1) is 13.7 Å². The normalized spacial score (nSPS) is 10.2. The minimum atomic E-state index is -0.440. The smallest absolute Gasteiger partial charge is 0.130 e. The second-order valence-corrected chi connectivity index (χ2v) is 3.73. The highest BCUT2D eigenvalue weighted by molar-refractivity contribution is 5.37. The van der Waals surface area contributed by atoms with Crippen molar-refractivity contribution in [2.24, 2.45) is 0 Å². The molecule has 0 bridgehead atoms. The molecule has 0 amide bonds. The van der Waals surface area contributed by atoms with Crippen LogP contribution in [0.4, 0.5) is 4.39 Å². The van der Waals surface area contributed by atoms with E-state index >= 15 is 0 Å². The van der Waals surface area contributed by atoms with Crippen LogP contribution in [0.2, 0.25) is 0 Å². The highest BCUT2D eigenvalue weighted by Gasteiger charge is 2.03. The summed E-state index contributed by atoms with van der Waals surface area (Å²) >= 11 is 0. The van der Waals surface area contributed by atoms with Crippen molar-refractivity contribution in [3.05, 3.63) is 53.8 Å². The number of aliphatic hydroxyl groups excluding tert-OH is 1. The number of benzene rings is 2. The molecule has 2 aromatic rings. The quantitative estimate of drug-likeness (QED) is 0.903. The van der Waals surface area contributed by atoms with E-state index in [4.69, 9.17) is 14.6 Å². The number of methoxy groups -OCH3 is 1. The molecule has 94 valence electrons. The summed E-state index contributed by atoms with van der Waals surface area (Å²) in [7, 11) is 1.58. The summed E-state index contributed by atoms with van der Waals surface area (Å²) in [5, 5.41) is 8.98. The van der Waals surface area contributed by atoms with Crippen LogP contribution in [0.1, 0.15) is 5.56 Å². The van der Waals surface area contributed by atoms with Crippen molar-refractivity contribution < 1.29 is 19.0 Å². The van der Waals surface area contributed by atoms with Gasteiger partial charge in [0.1, 0.15) is 23.1 Å². The summed E-state index contributed by atoms with van der Waals surface area (Å²) in [6, 6.07) is 11.1. The molecule has 2 aromatic carbocycles. The molecule has 0 aliphatic rings. The van der Waals surface area contributed by atoms with Gasteiger partial charge in [-0.05, 0) is 42.0 Å². The maximum Gasteiger partial charge on any atom is 0.130 e. The van der Waals surface area contributed by atoms with Crippen LogP contribution < -0.4 is 9.47 Å². The lowest BCUT2D eigenvalue weighted by atomic mass is 10.2. The Morgan fingerprint density at radius 3 is 2.28 bits per heavy atom. The maximum absolute atomic E-state index is 13.2. The van der Waals surface area contributed by atoms with E-state index < -0.39 is 5.82 Å². The van der Waals surface area contributed by atoms with Crippen LogP contribution in [0, 0.1) is 5.82 Å². The third-order valence-corrected chi connectivity index (χ3v) is 2.41. The highest BCUT2D eigenvalue weighted by atomic mass is 19.1. The van der Waals surface area contributed by atoms with Crippen LogP contribution in [0.3, 0.4) is 0 Å². The molecule has 4 heteroatoms.